The highest BCUT2D eigenvalue weighted by Gasteiger charge is 2.33. The molecule has 13 nitrogen and oxygen atoms in total. The lowest BCUT2D eigenvalue weighted by molar-refractivity contribution is -0.145. The molecule has 0 saturated carbocycles. The summed E-state index contributed by atoms with van der Waals surface area (Å²) in [7, 11) is 0. The predicted octanol–water partition coefficient (Wildman–Crippen LogP) is -5.01. The molecule has 0 aromatic rings. The Morgan fingerprint density at radius 3 is 1.61 bits per heavy atom. The topological polar surface area (TPSA) is 232 Å². The van der Waals surface area contributed by atoms with Gasteiger partial charge in [0.1, 0.15) is 18.1 Å². The van der Waals surface area contributed by atoms with E-state index in [1.165, 1.54) is 13.8 Å². The van der Waals surface area contributed by atoms with Crippen LogP contribution in [0, 0.1) is 0 Å². The number of hydrogen-bond acceptors (Lipinski definition) is 9. The van der Waals surface area contributed by atoms with Crippen LogP contribution in [0.25, 0.3) is 0 Å². The van der Waals surface area contributed by atoms with E-state index in [1.54, 1.807) is 0 Å². The second kappa shape index (κ2) is 11.5. The van der Waals surface area contributed by atoms with Crippen LogP contribution in [0.15, 0.2) is 0 Å². The molecule has 0 spiro atoms. The third kappa shape index (κ3) is 7.74. The molecule has 0 aromatic carbocycles. The second-order valence-electron chi connectivity index (χ2n) is 6.30. The van der Waals surface area contributed by atoms with Crippen LogP contribution >= 0.6 is 0 Å². The van der Waals surface area contributed by atoms with Crippen LogP contribution in [0.4, 0.5) is 0 Å². The van der Waals surface area contributed by atoms with Crippen molar-refractivity contribution in [3.05, 3.63) is 0 Å². The second-order valence-corrected chi connectivity index (χ2v) is 6.30. The predicted molar refractivity (Wildman–Crippen MR) is 93.5 cm³/mol. The average molecular weight is 408 g/mol. The van der Waals surface area contributed by atoms with Gasteiger partial charge in [-0.2, -0.15) is 0 Å². The third-order valence-corrected chi connectivity index (χ3v) is 3.75. The first-order valence-electron chi connectivity index (χ1n) is 8.38. The fourth-order valence-corrected chi connectivity index (χ4v) is 1.97. The number of hydrogen-bond donors (Lipinski definition) is 9. The van der Waals surface area contributed by atoms with E-state index in [1.807, 2.05) is 5.32 Å². The molecule has 0 radical (unpaired) electrons. The summed E-state index contributed by atoms with van der Waals surface area (Å²) in [5, 5.41) is 52.8. The fourth-order valence-electron chi connectivity index (χ4n) is 1.97. The molecule has 7 unspecified atom stereocenters. The van der Waals surface area contributed by atoms with Crippen LogP contribution in [-0.2, 0) is 19.2 Å². The Kier molecular flexibility index (Phi) is 10.6. The lowest BCUT2D eigenvalue weighted by Crippen LogP contribution is -2.61. The number of amides is 3. The van der Waals surface area contributed by atoms with Crippen LogP contribution in [0.2, 0.25) is 0 Å². The summed E-state index contributed by atoms with van der Waals surface area (Å²) in [4.78, 5) is 47.3. The number of nitrogens with one attached hydrogen (secondary N) is 3. The molecule has 0 fully saturated rings. The van der Waals surface area contributed by atoms with Crippen molar-refractivity contribution in [2.45, 2.75) is 63.3 Å². The van der Waals surface area contributed by atoms with Crippen LogP contribution in [0.3, 0.4) is 0 Å². The summed E-state index contributed by atoms with van der Waals surface area (Å²) in [6.07, 6.45) is -4.12. The van der Waals surface area contributed by atoms with Crippen molar-refractivity contribution in [2.24, 2.45) is 5.73 Å². The van der Waals surface area contributed by atoms with E-state index in [-0.39, 0.29) is 0 Å². The molecular weight excluding hydrogens is 380 g/mol. The zero-order chi connectivity index (χ0) is 22.2. The quantitative estimate of drug-likeness (QED) is 0.158. The van der Waals surface area contributed by atoms with Gasteiger partial charge in [0, 0.05) is 0 Å². The molecule has 3 amide bonds. The Morgan fingerprint density at radius 1 is 0.786 bits per heavy atom. The van der Waals surface area contributed by atoms with Crippen molar-refractivity contribution in [3.8, 4) is 0 Å². The van der Waals surface area contributed by atoms with Gasteiger partial charge in [0.25, 0.3) is 0 Å². The number of carboxylic acid groups (broad SMARTS) is 1. The zero-order valence-electron chi connectivity index (χ0n) is 15.7. The molecule has 0 aliphatic heterocycles. The highest BCUT2D eigenvalue weighted by molar-refractivity contribution is 5.94. The monoisotopic (exact) mass is 408 g/mol. The van der Waals surface area contributed by atoms with Crippen molar-refractivity contribution in [3.63, 3.8) is 0 Å². The summed E-state index contributed by atoms with van der Waals surface area (Å²) in [5.41, 5.74) is 5.44. The Bertz CT molecular complexity index is 568. The fraction of sp³-hybridized carbons (Fsp3) is 0.733. The van der Waals surface area contributed by atoms with Crippen molar-refractivity contribution < 1.29 is 44.7 Å². The minimum atomic E-state index is -1.69. The van der Waals surface area contributed by atoms with Gasteiger partial charge < -0.3 is 47.2 Å². The Labute approximate surface area is 160 Å². The molecule has 162 valence electrons. The maximum Gasteiger partial charge on any atom is 0.328 e. The van der Waals surface area contributed by atoms with Gasteiger partial charge in [-0.15, -0.1) is 0 Å². The van der Waals surface area contributed by atoms with Crippen molar-refractivity contribution >= 4 is 23.7 Å². The molecule has 0 aliphatic carbocycles. The molecule has 0 saturated heterocycles. The van der Waals surface area contributed by atoms with Crippen molar-refractivity contribution in [2.75, 3.05) is 6.61 Å². The molecule has 10 N–H and O–H groups in total. The summed E-state index contributed by atoms with van der Waals surface area (Å²) in [6, 6.07) is -6.27. The molecule has 0 aliphatic rings. The molecule has 0 aromatic heterocycles. The van der Waals surface area contributed by atoms with Crippen LogP contribution < -0.4 is 21.7 Å². The first-order chi connectivity index (χ1) is 12.8. The largest absolute Gasteiger partial charge is 0.480 e. The summed E-state index contributed by atoms with van der Waals surface area (Å²) in [6.45, 7) is 2.60. The molecule has 7 atom stereocenters. The highest BCUT2D eigenvalue weighted by atomic mass is 16.4. The third-order valence-electron chi connectivity index (χ3n) is 3.75. The number of aliphatic hydroxyl groups is 4. The van der Waals surface area contributed by atoms with Crippen molar-refractivity contribution in [1.29, 1.82) is 0 Å². The van der Waals surface area contributed by atoms with Gasteiger partial charge >= 0.3 is 5.97 Å². The van der Waals surface area contributed by atoms with Gasteiger partial charge in [0.2, 0.25) is 17.7 Å². The lowest BCUT2D eigenvalue weighted by Gasteiger charge is -2.26. The van der Waals surface area contributed by atoms with Gasteiger partial charge in [-0.3, -0.25) is 14.4 Å². The molecule has 0 bridgehead atoms. The van der Waals surface area contributed by atoms with Crippen LogP contribution in [0.5, 0.6) is 0 Å². The molecular formula is C15H28N4O9. The maximum atomic E-state index is 12.3. The van der Waals surface area contributed by atoms with E-state index in [4.69, 9.17) is 10.8 Å². The Balaban J connectivity index is 5.18. The van der Waals surface area contributed by atoms with Crippen LogP contribution in [0.1, 0.15) is 20.8 Å². The van der Waals surface area contributed by atoms with E-state index in [2.05, 4.69) is 10.6 Å². The minimum Gasteiger partial charge on any atom is -0.480 e. The highest BCUT2D eigenvalue weighted by Crippen LogP contribution is 1.99. The number of carboxylic acids is 1. The minimum absolute atomic E-state index is 0.933. The number of rotatable bonds is 11. The van der Waals surface area contributed by atoms with E-state index in [0.717, 1.165) is 6.92 Å². The van der Waals surface area contributed by atoms with Crippen LogP contribution in [-0.4, -0.2) is 98.3 Å². The Hall–Kier alpha value is -2.32. The summed E-state index contributed by atoms with van der Waals surface area (Å²) < 4.78 is 0. The maximum absolute atomic E-state index is 12.3. The number of aliphatic carboxylic acids is 1. The van der Waals surface area contributed by atoms with Crippen molar-refractivity contribution in [1.82, 2.24) is 16.0 Å². The number of nitrogens with two attached hydrogens (primary N) is 1. The van der Waals surface area contributed by atoms with Gasteiger partial charge in [0.15, 0.2) is 6.04 Å². The van der Waals surface area contributed by atoms with E-state index < -0.39 is 72.8 Å². The summed E-state index contributed by atoms with van der Waals surface area (Å²) >= 11 is 0. The van der Waals surface area contributed by atoms with Gasteiger partial charge in [-0.1, -0.05) is 0 Å². The van der Waals surface area contributed by atoms with Gasteiger partial charge in [-0.25, -0.2) is 4.79 Å². The first-order valence-corrected chi connectivity index (χ1v) is 8.38. The lowest BCUT2D eigenvalue weighted by atomic mass is 10.1. The molecule has 13 heteroatoms. The van der Waals surface area contributed by atoms with Gasteiger partial charge in [-0.05, 0) is 20.8 Å². The Morgan fingerprint density at radius 2 is 1.25 bits per heavy atom. The standard InChI is InChI=1S/C15H28N4O9/c1-5(21)9(16)13(25)18-10(6(2)22)14(26)17-8(4-20)12(24)19-11(7(3)23)15(27)28/h5-11,20-23H,4,16H2,1-3H3,(H,17,26)(H,18,25)(H,19,24)(H,27,28). The first kappa shape index (κ1) is 25.7. The normalized spacial score (nSPS) is 18.6. The van der Waals surface area contributed by atoms with E-state index >= 15 is 0 Å². The van der Waals surface area contributed by atoms with Gasteiger partial charge in [0.05, 0.1) is 24.9 Å². The number of carbonyl (C=O) groups excluding carboxylic acids is 3. The van der Waals surface area contributed by atoms with E-state index in [9.17, 15) is 39.6 Å². The number of carbonyl (C=O) groups is 4. The van der Waals surface area contributed by atoms with E-state index in [0.29, 0.717) is 0 Å². The number of aliphatic hydroxyl groups excluding tert-OH is 4. The average Bonchev–Trinajstić information content (AvgIpc) is 2.59. The molecule has 0 rings (SSSR count). The SMILES string of the molecule is CC(O)C(N)C(=O)NC(C(=O)NC(CO)C(=O)NC(C(=O)O)C(C)O)C(C)O. The summed E-state index contributed by atoms with van der Waals surface area (Å²) in [5.74, 6) is -4.66. The smallest absolute Gasteiger partial charge is 0.328 e. The zero-order valence-corrected chi connectivity index (χ0v) is 15.7. The molecule has 0 heterocycles. The molecule has 28 heavy (non-hydrogen) atoms.